The van der Waals surface area contributed by atoms with Crippen LogP contribution in [-0.2, 0) is 4.79 Å². The van der Waals surface area contributed by atoms with Gasteiger partial charge in [-0.05, 0) is 51.3 Å². The van der Waals surface area contributed by atoms with E-state index in [-0.39, 0.29) is 11.9 Å². The molecule has 1 saturated heterocycles. The van der Waals surface area contributed by atoms with E-state index in [0.29, 0.717) is 12.3 Å². The van der Waals surface area contributed by atoms with Crippen molar-refractivity contribution in [3.63, 3.8) is 0 Å². The molecule has 3 heteroatoms. The van der Waals surface area contributed by atoms with Crippen LogP contribution in [0.5, 0.6) is 0 Å². The molecule has 1 unspecified atom stereocenters. The van der Waals surface area contributed by atoms with Crippen molar-refractivity contribution in [2.24, 2.45) is 5.92 Å². The molecular weight excluding hydrogens is 236 g/mol. The van der Waals surface area contributed by atoms with E-state index in [1.165, 1.54) is 17.5 Å². The third-order valence-electron chi connectivity index (χ3n) is 3.86. The van der Waals surface area contributed by atoms with Gasteiger partial charge in [0.1, 0.15) is 0 Å². The molecule has 1 aliphatic rings. The zero-order valence-corrected chi connectivity index (χ0v) is 11.9. The van der Waals surface area contributed by atoms with Gasteiger partial charge in [-0.25, -0.2) is 0 Å². The molecule has 0 aromatic heterocycles. The topological polar surface area (TPSA) is 41.1 Å². The number of carbonyl (C=O) groups excluding carboxylic acids is 1. The fourth-order valence-electron chi connectivity index (χ4n) is 2.63. The minimum Gasteiger partial charge on any atom is -0.350 e. The SMILES string of the molecule is Cc1cccc([C@H](C)NC(=O)CCC2CCNC2)c1. The summed E-state index contributed by atoms with van der Waals surface area (Å²) in [4.78, 5) is 11.9. The Morgan fingerprint density at radius 2 is 2.37 bits per heavy atom. The summed E-state index contributed by atoms with van der Waals surface area (Å²) in [6.07, 6.45) is 2.85. The molecule has 0 bridgehead atoms. The Balaban J connectivity index is 1.77. The molecule has 2 N–H and O–H groups in total. The van der Waals surface area contributed by atoms with Crippen LogP contribution >= 0.6 is 0 Å². The molecule has 0 spiro atoms. The molecular formula is C16H24N2O. The van der Waals surface area contributed by atoms with E-state index in [2.05, 4.69) is 35.8 Å². The van der Waals surface area contributed by atoms with Crippen LogP contribution in [-0.4, -0.2) is 19.0 Å². The Hall–Kier alpha value is -1.35. The quantitative estimate of drug-likeness (QED) is 0.854. The summed E-state index contributed by atoms with van der Waals surface area (Å²) in [6.45, 7) is 6.29. The molecule has 2 atom stereocenters. The minimum atomic E-state index is 0.0918. The highest BCUT2D eigenvalue weighted by molar-refractivity contribution is 5.76. The number of hydrogen-bond acceptors (Lipinski definition) is 2. The van der Waals surface area contributed by atoms with Crippen molar-refractivity contribution in [2.45, 2.75) is 39.2 Å². The Kier molecular flexibility index (Phi) is 4.97. The van der Waals surface area contributed by atoms with E-state index < -0.39 is 0 Å². The third kappa shape index (κ3) is 4.35. The van der Waals surface area contributed by atoms with Crippen LogP contribution in [0, 0.1) is 12.8 Å². The van der Waals surface area contributed by atoms with Crippen LogP contribution in [0.25, 0.3) is 0 Å². The van der Waals surface area contributed by atoms with Crippen LogP contribution < -0.4 is 10.6 Å². The second kappa shape index (κ2) is 6.71. The Bertz CT molecular complexity index is 425. The number of benzene rings is 1. The highest BCUT2D eigenvalue weighted by Gasteiger charge is 2.16. The summed E-state index contributed by atoms with van der Waals surface area (Å²) >= 11 is 0. The van der Waals surface area contributed by atoms with Gasteiger partial charge in [-0.1, -0.05) is 29.8 Å². The van der Waals surface area contributed by atoms with Crippen LogP contribution in [0.4, 0.5) is 0 Å². The Labute approximate surface area is 115 Å². The summed E-state index contributed by atoms with van der Waals surface area (Å²) in [5.41, 5.74) is 2.41. The number of amides is 1. The lowest BCUT2D eigenvalue weighted by molar-refractivity contribution is -0.122. The lowest BCUT2D eigenvalue weighted by Crippen LogP contribution is -2.27. The summed E-state index contributed by atoms with van der Waals surface area (Å²) in [7, 11) is 0. The van der Waals surface area contributed by atoms with Crippen molar-refractivity contribution in [3.05, 3.63) is 35.4 Å². The van der Waals surface area contributed by atoms with Gasteiger partial charge < -0.3 is 10.6 Å². The summed E-state index contributed by atoms with van der Waals surface area (Å²) < 4.78 is 0. The van der Waals surface area contributed by atoms with Crippen molar-refractivity contribution < 1.29 is 4.79 Å². The second-order valence-electron chi connectivity index (χ2n) is 5.60. The fraction of sp³-hybridized carbons (Fsp3) is 0.562. The van der Waals surface area contributed by atoms with Gasteiger partial charge in [0.2, 0.25) is 5.91 Å². The molecule has 0 radical (unpaired) electrons. The molecule has 0 saturated carbocycles. The van der Waals surface area contributed by atoms with Gasteiger partial charge in [-0.2, -0.15) is 0 Å². The maximum atomic E-state index is 11.9. The molecule has 104 valence electrons. The maximum absolute atomic E-state index is 11.9. The lowest BCUT2D eigenvalue weighted by atomic mass is 10.0. The predicted octanol–water partition coefficient (Wildman–Crippen LogP) is 2.56. The molecule has 3 nitrogen and oxygen atoms in total. The first-order valence-corrected chi connectivity index (χ1v) is 7.22. The smallest absolute Gasteiger partial charge is 0.220 e. The zero-order chi connectivity index (χ0) is 13.7. The van der Waals surface area contributed by atoms with Crippen LogP contribution in [0.1, 0.15) is 43.4 Å². The number of carbonyl (C=O) groups is 1. The number of rotatable bonds is 5. The molecule has 1 aromatic carbocycles. The number of hydrogen-bond donors (Lipinski definition) is 2. The summed E-state index contributed by atoms with van der Waals surface area (Å²) in [5.74, 6) is 0.848. The van der Waals surface area contributed by atoms with Crippen LogP contribution in [0.3, 0.4) is 0 Å². The second-order valence-corrected chi connectivity index (χ2v) is 5.60. The van der Waals surface area contributed by atoms with Crippen molar-refractivity contribution in [1.82, 2.24) is 10.6 Å². The van der Waals surface area contributed by atoms with Crippen molar-refractivity contribution in [3.8, 4) is 0 Å². The van der Waals surface area contributed by atoms with Crippen molar-refractivity contribution in [2.75, 3.05) is 13.1 Å². The van der Waals surface area contributed by atoms with Crippen LogP contribution in [0.15, 0.2) is 24.3 Å². The van der Waals surface area contributed by atoms with Gasteiger partial charge in [0.15, 0.2) is 0 Å². The van der Waals surface area contributed by atoms with E-state index in [4.69, 9.17) is 0 Å². The van der Waals surface area contributed by atoms with Gasteiger partial charge >= 0.3 is 0 Å². The minimum absolute atomic E-state index is 0.0918. The Morgan fingerprint density at radius 3 is 3.05 bits per heavy atom. The molecule has 19 heavy (non-hydrogen) atoms. The van der Waals surface area contributed by atoms with Crippen LogP contribution in [0.2, 0.25) is 0 Å². The molecule has 1 heterocycles. The van der Waals surface area contributed by atoms with E-state index in [1.54, 1.807) is 0 Å². The Morgan fingerprint density at radius 1 is 1.53 bits per heavy atom. The molecule has 0 aliphatic carbocycles. The highest BCUT2D eigenvalue weighted by atomic mass is 16.1. The molecule has 1 amide bonds. The molecule has 1 fully saturated rings. The normalized spacial score (nSPS) is 20.2. The molecule has 1 aliphatic heterocycles. The van der Waals surface area contributed by atoms with Gasteiger partial charge in [0.05, 0.1) is 6.04 Å². The zero-order valence-electron chi connectivity index (χ0n) is 11.9. The first-order valence-electron chi connectivity index (χ1n) is 7.22. The molecule has 2 rings (SSSR count). The third-order valence-corrected chi connectivity index (χ3v) is 3.86. The maximum Gasteiger partial charge on any atom is 0.220 e. The standard InChI is InChI=1S/C16H24N2O/c1-12-4-3-5-15(10-12)13(2)18-16(19)7-6-14-8-9-17-11-14/h3-5,10,13-14,17H,6-9,11H2,1-2H3,(H,18,19)/t13-,14?/m0/s1. The lowest BCUT2D eigenvalue weighted by Gasteiger charge is -2.15. The largest absolute Gasteiger partial charge is 0.350 e. The molecule has 1 aromatic rings. The first kappa shape index (κ1) is 14.1. The van der Waals surface area contributed by atoms with Crippen molar-refractivity contribution in [1.29, 1.82) is 0 Å². The average molecular weight is 260 g/mol. The van der Waals surface area contributed by atoms with E-state index in [9.17, 15) is 4.79 Å². The summed E-state index contributed by atoms with van der Waals surface area (Å²) in [6, 6.07) is 8.40. The van der Waals surface area contributed by atoms with Gasteiger partial charge in [0, 0.05) is 6.42 Å². The summed E-state index contributed by atoms with van der Waals surface area (Å²) in [5, 5.41) is 6.43. The van der Waals surface area contributed by atoms with Crippen molar-refractivity contribution >= 4 is 5.91 Å². The van der Waals surface area contributed by atoms with Gasteiger partial charge in [-0.3, -0.25) is 4.79 Å². The fourth-order valence-corrected chi connectivity index (χ4v) is 2.63. The average Bonchev–Trinajstić information content (AvgIpc) is 2.89. The number of aryl methyl sites for hydroxylation is 1. The predicted molar refractivity (Wildman–Crippen MR) is 77.9 cm³/mol. The monoisotopic (exact) mass is 260 g/mol. The van der Waals surface area contributed by atoms with Gasteiger partial charge in [0.25, 0.3) is 0 Å². The van der Waals surface area contributed by atoms with E-state index in [1.807, 2.05) is 13.0 Å². The first-order chi connectivity index (χ1) is 9.15. The highest BCUT2D eigenvalue weighted by Crippen LogP contribution is 2.16. The van der Waals surface area contributed by atoms with Gasteiger partial charge in [-0.15, -0.1) is 0 Å². The number of nitrogens with one attached hydrogen (secondary N) is 2. The van der Waals surface area contributed by atoms with E-state index >= 15 is 0 Å². The van der Waals surface area contributed by atoms with E-state index in [0.717, 1.165) is 19.5 Å².